The molecule has 0 saturated carbocycles. The molecular formula is C35H58N6O8. The molecule has 0 radical (unpaired) electrons. The second-order valence-corrected chi connectivity index (χ2v) is 11.7. The van der Waals surface area contributed by atoms with Crippen molar-refractivity contribution in [3.8, 4) is 6.07 Å². The van der Waals surface area contributed by atoms with Gasteiger partial charge in [0.25, 0.3) is 0 Å². The number of aromatic nitrogens is 1. The van der Waals surface area contributed by atoms with Crippen LogP contribution in [0.1, 0.15) is 77.3 Å². The fraction of sp³-hybridized carbons (Fsp3) is 0.571. The molecule has 1 fully saturated rings. The van der Waals surface area contributed by atoms with Crippen LogP contribution in [0.25, 0.3) is 0 Å². The second kappa shape index (κ2) is 26.6. The van der Waals surface area contributed by atoms with Crippen molar-refractivity contribution in [3.05, 3.63) is 59.4 Å². The van der Waals surface area contributed by atoms with Crippen LogP contribution in [0.3, 0.4) is 0 Å². The van der Waals surface area contributed by atoms with Gasteiger partial charge in [-0.3, -0.25) is 19.8 Å². The third-order valence-electron chi connectivity index (χ3n) is 6.97. The summed E-state index contributed by atoms with van der Waals surface area (Å²) in [5.41, 5.74) is 15.3. The molecule has 1 amide bonds. The van der Waals surface area contributed by atoms with Crippen LogP contribution in [-0.2, 0) is 51.8 Å². The first-order chi connectivity index (χ1) is 23.3. The molecule has 2 aromatic rings. The van der Waals surface area contributed by atoms with Crippen LogP contribution in [0.4, 0.5) is 0 Å². The Hall–Kier alpha value is -4.29. The van der Waals surface area contributed by atoms with Gasteiger partial charge in [-0.25, -0.2) is 0 Å². The first-order valence-electron chi connectivity index (χ1n) is 16.0. The molecule has 2 heterocycles. The fourth-order valence-corrected chi connectivity index (χ4v) is 4.41. The lowest BCUT2D eigenvalue weighted by atomic mass is 9.98. The van der Waals surface area contributed by atoms with Crippen molar-refractivity contribution in [1.82, 2.24) is 4.98 Å². The van der Waals surface area contributed by atoms with Gasteiger partial charge in [0.1, 0.15) is 18.7 Å². The summed E-state index contributed by atoms with van der Waals surface area (Å²) in [7, 11) is 2.34. The Kier molecular flexibility index (Phi) is 25.5. The lowest BCUT2D eigenvalue weighted by Crippen LogP contribution is -2.36. The topological polar surface area (TPSA) is 250 Å². The number of nitrogens with zero attached hydrogens (tertiary/aromatic N) is 1. The Morgan fingerprint density at radius 3 is 2.29 bits per heavy atom. The quantitative estimate of drug-likeness (QED) is 0.0585. The van der Waals surface area contributed by atoms with Crippen LogP contribution < -0.4 is 17.2 Å². The smallest absolute Gasteiger partial charge is 0.322 e. The highest BCUT2D eigenvalue weighted by Gasteiger charge is 2.44. The molecule has 9 N–H and O–H groups in total. The molecule has 3 atom stereocenters. The monoisotopic (exact) mass is 690 g/mol. The Morgan fingerprint density at radius 2 is 1.80 bits per heavy atom. The lowest BCUT2D eigenvalue weighted by Gasteiger charge is -2.25. The number of aliphatic hydroxyl groups excluding tert-OH is 1. The van der Waals surface area contributed by atoms with Crippen molar-refractivity contribution in [2.24, 2.45) is 23.1 Å². The summed E-state index contributed by atoms with van der Waals surface area (Å²) in [5, 5.41) is 22.8. The molecule has 3 rings (SSSR count). The van der Waals surface area contributed by atoms with Gasteiger partial charge in [0.2, 0.25) is 6.41 Å². The number of hydrogen-bond donors (Lipinski definition) is 6. The number of aliphatic hydroxyl groups is 1. The minimum absolute atomic E-state index is 0.150. The van der Waals surface area contributed by atoms with E-state index in [0.717, 1.165) is 56.3 Å². The molecule has 49 heavy (non-hydrogen) atoms. The zero-order valence-electron chi connectivity index (χ0n) is 30.1. The van der Waals surface area contributed by atoms with E-state index >= 15 is 0 Å². The third kappa shape index (κ3) is 19.3. The number of rotatable bonds is 13. The van der Waals surface area contributed by atoms with E-state index in [4.69, 9.17) is 35.3 Å². The Morgan fingerprint density at radius 1 is 1.20 bits per heavy atom. The van der Waals surface area contributed by atoms with E-state index in [1.165, 1.54) is 7.11 Å². The predicted octanol–water partition coefficient (Wildman–Crippen LogP) is 3.24. The summed E-state index contributed by atoms with van der Waals surface area (Å²) < 4.78 is 21.9. The minimum Gasteiger partial charge on any atom is -0.468 e. The number of aromatic amines is 1. The van der Waals surface area contributed by atoms with Crippen molar-refractivity contribution in [2.75, 3.05) is 27.4 Å². The predicted molar refractivity (Wildman–Crippen MR) is 188 cm³/mol. The standard InChI is InChI=1S/C26H34N2O4.C6H13NO2.CH4N2.CH3NO.CH4O/c1-4-5-15-31-25(2,3)17-21-11-12-23(28-21)26(19-27)14-13-22(32-26)18-30-24(29)16-20-9-7-6-8-10-20;1-4(2)5(7)6(8)9-3;2*2-1-3;1-2/h6-12,22,28H,4-5,13-18H2,1-3H3;4-5H,7H2,1-3H3;1H,(H3,2,3);1H,(H2,2,3);2H,1H3. The number of methoxy groups -OCH3 is 1. The SMILES string of the molecule is CCCCOC(C)(C)Cc1ccc(C2(C#N)CCC(COC(=O)Cc3ccccc3)O2)[nH]1.CO.COC(=O)C(N)C(C)C.N=CN.NC=O. The maximum absolute atomic E-state index is 12.1. The molecule has 1 aliphatic rings. The fourth-order valence-electron chi connectivity index (χ4n) is 4.41. The number of H-pyrrole nitrogens is 1. The average Bonchev–Trinajstić information content (AvgIpc) is 3.73. The van der Waals surface area contributed by atoms with Gasteiger partial charge in [-0.1, -0.05) is 57.5 Å². The Balaban J connectivity index is 0. The van der Waals surface area contributed by atoms with E-state index in [1.54, 1.807) is 0 Å². The highest BCUT2D eigenvalue weighted by Crippen LogP contribution is 2.39. The summed E-state index contributed by atoms with van der Waals surface area (Å²) in [6, 6.07) is 15.3. The zero-order valence-corrected chi connectivity index (χ0v) is 30.1. The first-order valence-corrected chi connectivity index (χ1v) is 16.0. The van der Waals surface area contributed by atoms with E-state index in [0.29, 0.717) is 12.8 Å². The van der Waals surface area contributed by atoms with Crippen LogP contribution in [0.2, 0.25) is 0 Å². The van der Waals surface area contributed by atoms with Gasteiger partial charge in [-0.05, 0) is 56.7 Å². The maximum Gasteiger partial charge on any atom is 0.322 e. The number of nitrogens with one attached hydrogen (secondary N) is 2. The number of hydrogen-bond acceptors (Lipinski definition) is 11. The van der Waals surface area contributed by atoms with E-state index < -0.39 is 11.6 Å². The van der Waals surface area contributed by atoms with Crippen molar-refractivity contribution in [1.29, 1.82) is 10.7 Å². The third-order valence-corrected chi connectivity index (χ3v) is 6.97. The number of ether oxygens (including phenoxy) is 4. The molecule has 0 bridgehead atoms. The molecule has 0 aliphatic carbocycles. The van der Waals surface area contributed by atoms with Gasteiger partial charge in [0.05, 0.1) is 37.3 Å². The van der Waals surface area contributed by atoms with Gasteiger partial charge in [-0.15, -0.1) is 0 Å². The molecule has 1 saturated heterocycles. The molecule has 14 nitrogen and oxygen atoms in total. The molecule has 276 valence electrons. The molecule has 1 aromatic carbocycles. The van der Waals surface area contributed by atoms with Crippen molar-refractivity contribution >= 4 is 24.7 Å². The molecule has 1 aromatic heterocycles. The summed E-state index contributed by atoms with van der Waals surface area (Å²) in [5.74, 6) is -0.482. The Bertz CT molecular complexity index is 1230. The number of nitriles is 1. The number of unbranched alkanes of at least 4 members (excludes halogenated alkanes) is 1. The maximum atomic E-state index is 12.1. The van der Waals surface area contributed by atoms with Crippen LogP contribution in [0, 0.1) is 22.7 Å². The van der Waals surface area contributed by atoms with Crippen LogP contribution in [0.5, 0.6) is 0 Å². The minimum atomic E-state index is -1.04. The molecule has 3 unspecified atom stereocenters. The number of nitrogens with two attached hydrogens (primary N) is 3. The first kappa shape index (κ1) is 46.8. The summed E-state index contributed by atoms with van der Waals surface area (Å²) in [6.45, 7) is 11.0. The van der Waals surface area contributed by atoms with E-state index in [1.807, 2.05) is 56.3 Å². The summed E-state index contributed by atoms with van der Waals surface area (Å²) >= 11 is 0. The van der Waals surface area contributed by atoms with E-state index in [-0.39, 0.29) is 49.0 Å². The number of carbonyl (C=O) groups is 3. The van der Waals surface area contributed by atoms with Crippen molar-refractivity contribution < 1.29 is 38.4 Å². The second-order valence-electron chi connectivity index (χ2n) is 11.7. The van der Waals surface area contributed by atoms with Gasteiger partial charge in [0.15, 0.2) is 5.60 Å². The molecular weight excluding hydrogens is 632 g/mol. The summed E-state index contributed by atoms with van der Waals surface area (Å²) in [6.07, 6.45) is 5.02. The highest BCUT2D eigenvalue weighted by atomic mass is 16.6. The number of esters is 2. The molecule has 14 heteroatoms. The summed E-state index contributed by atoms with van der Waals surface area (Å²) in [4.78, 5) is 34.7. The average molecular weight is 691 g/mol. The largest absolute Gasteiger partial charge is 0.468 e. The number of benzene rings is 1. The number of primary amides is 1. The number of carbonyl (C=O) groups excluding carboxylic acids is 3. The molecule has 1 aliphatic heterocycles. The van der Waals surface area contributed by atoms with Crippen molar-refractivity contribution in [3.63, 3.8) is 0 Å². The number of amides is 1. The van der Waals surface area contributed by atoms with Crippen LogP contribution >= 0.6 is 0 Å². The van der Waals surface area contributed by atoms with Gasteiger partial charge < -0.3 is 46.2 Å². The lowest BCUT2D eigenvalue weighted by molar-refractivity contribution is -0.148. The highest BCUT2D eigenvalue weighted by molar-refractivity contribution is 5.75. The normalized spacial score (nSPS) is 16.6. The zero-order chi connectivity index (χ0) is 37.9. The van der Waals surface area contributed by atoms with Crippen LogP contribution in [-0.4, -0.2) is 80.0 Å². The van der Waals surface area contributed by atoms with E-state index in [9.17, 15) is 14.9 Å². The van der Waals surface area contributed by atoms with Gasteiger partial charge >= 0.3 is 11.9 Å². The van der Waals surface area contributed by atoms with Crippen LogP contribution in [0.15, 0.2) is 42.5 Å². The van der Waals surface area contributed by atoms with Gasteiger partial charge in [-0.2, -0.15) is 5.26 Å². The molecule has 0 spiro atoms. The van der Waals surface area contributed by atoms with Gasteiger partial charge in [0, 0.05) is 25.8 Å². The Labute approximate surface area is 291 Å². The van der Waals surface area contributed by atoms with Crippen molar-refractivity contribution in [2.45, 2.75) is 96.5 Å². The van der Waals surface area contributed by atoms with E-state index in [2.05, 4.69) is 48.0 Å².